The number of hydrogen-bond donors (Lipinski definition) is 2. The van der Waals surface area contributed by atoms with Crippen LogP contribution in [0.15, 0.2) is 42.5 Å². The summed E-state index contributed by atoms with van der Waals surface area (Å²) < 4.78 is 0. The van der Waals surface area contributed by atoms with Crippen molar-refractivity contribution in [3.63, 3.8) is 0 Å². The van der Waals surface area contributed by atoms with Gasteiger partial charge in [-0.1, -0.05) is 30.3 Å². The third-order valence-electron chi connectivity index (χ3n) is 4.13. The van der Waals surface area contributed by atoms with Crippen LogP contribution in [0, 0.1) is 0 Å². The van der Waals surface area contributed by atoms with E-state index in [0.29, 0.717) is 17.9 Å². The highest BCUT2D eigenvalue weighted by Gasteiger charge is 2.44. The molecule has 2 aromatic rings. The van der Waals surface area contributed by atoms with Gasteiger partial charge in [-0.3, -0.25) is 4.79 Å². The molecule has 0 saturated heterocycles. The van der Waals surface area contributed by atoms with Crippen LogP contribution in [0.25, 0.3) is 0 Å². The lowest BCUT2D eigenvalue weighted by atomic mass is 9.86. The molecule has 4 nitrogen and oxygen atoms in total. The van der Waals surface area contributed by atoms with Crippen molar-refractivity contribution in [2.45, 2.75) is 25.8 Å². The van der Waals surface area contributed by atoms with Gasteiger partial charge in [-0.15, -0.1) is 0 Å². The number of carbonyl (C=O) groups excluding carboxylic acids is 1. The molecular weight excluding hydrogens is 262 g/mol. The number of amides is 1. The molecule has 0 bridgehead atoms. The van der Waals surface area contributed by atoms with Crippen LogP contribution in [0.1, 0.15) is 25.0 Å². The predicted molar refractivity (Wildman–Crippen MR) is 85.9 cm³/mol. The monoisotopic (exact) mass is 281 g/mol. The molecule has 0 aromatic heterocycles. The predicted octanol–water partition coefficient (Wildman–Crippen LogP) is 2.68. The number of benzene rings is 2. The molecule has 0 atom stereocenters. The van der Waals surface area contributed by atoms with Crippen molar-refractivity contribution in [2.75, 3.05) is 16.4 Å². The van der Waals surface area contributed by atoms with Gasteiger partial charge in [0.05, 0.1) is 29.0 Å². The van der Waals surface area contributed by atoms with Crippen molar-refractivity contribution in [3.8, 4) is 0 Å². The SMILES string of the molecule is CC1(C)C(=O)N(Cc2ccccc2)c2cc(N)c(N)cc21. The lowest BCUT2D eigenvalue weighted by molar-refractivity contribution is -0.122. The van der Waals surface area contributed by atoms with Crippen LogP contribution >= 0.6 is 0 Å². The zero-order valence-electron chi connectivity index (χ0n) is 12.3. The van der Waals surface area contributed by atoms with Crippen molar-refractivity contribution in [1.82, 2.24) is 0 Å². The van der Waals surface area contributed by atoms with E-state index in [9.17, 15) is 4.79 Å². The molecule has 3 rings (SSSR count). The Morgan fingerprint density at radius 3 is 2.33 bits per heavy atom. The molecule has 2 aromatic carbocycles. The second-order valence-corrected chi connectivity index (χ2v) is 6.00. The van der Waals surface area contributed by atoms with E-state index in [4.69, 9.17) is 11.5 Å². The van der Waals surface area contributed by atoms with Gasteiger partial charge < -0.3 is 16.4 Å². The molecule has 4 heteroatoms. The Bertz CT molecular complexity index is 707. The summed E-state index contributed by atoms with van der Waals surface area (Å²) in [5, 5.41) is 0. The van der Waals surface area contributed by atoms with E-state index in [0.717, 1.165) is 16.8 Å². The summed E-state index contributed by atoms with van der Waals surface area (Å²) in [7, 11) is 0. The van der Waals surface area contributed by atoms with Crippen LogP contribution in [0.4, 0.5) is 17.1 Å². The van der Waals surface area contributed by atoms with Gasteiger partial charge >= 0.3 is 0 Å². The maximum atomic E-state index is 12.8. The maximum absolute atomic E-state index is 12.8. The number of nitrogens with two attached hydrogens (primary N) is 2. The Balaban J connectivity index is 2.08. The van der Waals surface area contributed by atoms with Crippen LogP contribution in [-0.2, 0) is 16.8 Å². The van der Waals surface area contributed by atoms with Crippen molar-refractivity contribution < 1.29 is 4.79 Å². The number of hydrogen-bond acceptors (Lipinski definition) is 3. The quantitative estimate of drug-likeness (QED) is 0.831. The van der Waals surface area contributed by atoms with Crippen LogP contribution in [0.3, 0.4) is 0 Å². The van der Waals surface area contributed by atoms with Crippen LogP contribution in [0.5, 0.6) is 0 Å². The molecule has 0 fully saturated rings. The maximum Gasteiger partial charge on any atom is 0.237 e. The minimum atomic E-state index is -0.577. The second kappa shape index (κ2) is 4.52. The average molecular weight is 281 g/mol. The smallest absolute Gasteiger partial charge is 0.237 e. The largest absolute Gasteiger partial charge is 0.397 e. The Kier molecular flexibility index (Phi) is 2.90. The van der Waals surface area contributed by atoms with Crippen LogP contribution in [0.2, 0.25) is 0 Å². The standard InChI is InChI=1S/C17H19N3O/c1-17(2)12-8-13(18)14(19)9-15(12)20(16(17)21)10-11-6-4-3-5-7-11/h3-9H,10,18-19H2,1-2H3. The fourth-order valence-electron chi connectivity index (χ4n) is 2.83. The number of nitrogens with zero attached hydrogens (tertiary/aromatic N) is 1. The van der Waals surface area contributed by atoms with Gasteiger partial charge in [0.15, 0.2) is 0 Å². The lowest BCUT2D eigenvalue weighted by Crippen LogP contribution is -2.35. The zero-order chi connectivity index (χ0) is 15.2. The summed E-state index contributed by atoms with van der Waals surface area (Å²) in [5.41, 5.74) is 15.2. The van der Waals surface area contributed by atoms with Crippen LogP contribution in [-0.4, -0.2) is 5.91 Å². The van der Waals surface area contributed by atoms with E-state index >= 15 is 0 Å². The molecule has 0 aliphatic carbocycles. The lowest BCUT2D eigenvalue weighted by Gasteiger charge is -2.20. The summed E-state index contributed by atoms with van der Waals surface area (Å²) >= 11 is 0. The number of carbonyl (C=O) groups is 1. The molecule has 0 saturated carbocycles. The normalized spacial score (nSPS) is 16.1. The first-order valence-corrected chi connectivity index (χ1v) is 6.96. The molecule has 1 aliphatic heterocycles. The van der Waals surface area contributed by atoms with Gasteiger partial charge in [0.1, 0.15) is 0 Å². The first-order chi connectivity index (χ1) is 9.91. The van der Waals surface area contributed by atoms with Gasteiger partial charge in [-0.05, 0) is 37.1 Å². The van der Waals surface area contributed by atoms with Crippen molar-refractivity contribution in [3.05, 3.63) is 53.6 Å². The van der Waals surface area contributed by atoms with E-state index < -0.39 is 5.41 Å². The summed E-state index contributed by atoms with van der Waals surface area (Å²) in [6, 6.07) is 13.6. The molecule has 21 heavy (non-hydrogen) atoms. The average Bonchev–Trinajstić information content (AvgIpc) is 2.63. The zero-order valence-corrected chi connectivity index (χ0v) is 12.3. The molecule has 0 spiro atoms. The number of nitrogen functional groups attached to an aromatic ring is 2. The third kappa shape index (κ3) is 2.03. The molecule has 0 radical (unpaired) electrons. The fourth-order valence-corrected chi connectivity index (χ4v) is 2.83. The first kappa shape index (κ1) is 13.5. The van der Waals surface area contributed by atoms with E-state index in [1.807, 2.05) is 50.2 Å². The van der Waals surface area contributed by atoms with Gasteiger partial charge in [0.2, 0.25) is 5.91 Å². The Labute approximate surface area is 124 Å². The Hall–Kier alpha value is -2.49. The molecule has 1 aliphatic rings. The van der Waals surface area contributed by atoms with Gasteiger partial charge in [-0.25, -0.2) is 0 Å². The minimum Gasteiger partial charge on any atom is -0.397 e. The van der Waals surface area contributed by atoms with Crippen molar-refractivity contribution in [2.24, 2.45) is 0 Å². The molecular formula is C17H19N3O. The van der Waals surface area contributed by atoms with E-state index in [1.165, 1.54) is 0 Å². The van der Waals surface area contributed by atoms with E-state index in [2.05, 4.69) is 0 Å². The molecule has 108 valence electrons. The number of rotatable bonds is 2. The summed E-state index contributed by atoms with van der Waals surface area (Å²) in [6.07, 6.45) is 0. The van der Waals surface area contributed by atoms with Gasteiger partial charge in [-0.2, -0.15) is 0 Å². The second-order valence-electron chi connectivity index (χ2n) is 6.00. The number of fused-ring (bicyclic) bond motifs is 1. The summed E-state index contributed by atoms with van der Waals surface area (Å²) in [4.78, 5) is 14.5. The fraction of sp³-hybridized carbons (Fsp3) is 0.235. The molecule has 4 N–H and O–H groups in total. The van der Waals surface area contributed by atoms with Gasteiger partial charge in [0, 0.05) is 0 Å². The first-order valence-electron chi connectivity index (χ1n) is 6.96. The van der Waals surface area contributed by atoms with E-state index in [-0.39, 0.29) is 5.91 Å². The molecule has 1 heterocycles. The summed E-state index contributed by atoms with van der Waals surface area (Å²) in [6.45, 7) is 4.39. The topological polar surface area (TPSA) is 72.3 Å². The minimum absolute atomic E-state index is 0.0753. The Morgan fingerprint density at radius 1 is 1.05 bits per heavy atom. The van der Waals surface area contributed by atoms with Crippen molar-refractivity contribution >= 4 is 23.0 Å². The highest BCUT2D eigenvalue weighted by Crippen LogP contribution is 2.44. The highest BCUT2D eigenvalue weighted by molar-refractivity contribution is 6.08. The van der Waals surface area contributed by atoms with E-state index in [1.54, 1.807) is 11.0 Å². The molecule has 1 amide bonds. The number of anilines is 3. The van der Waals surface area contributed by atoms with Crippen LogP contribution < -0.4 is 16.4 Å². The van der Waals surface area contributed by atoms with Gasteiger partial charge in [0.25, 0.3) is 0 Å². The third-order valence-corrected chi connectivity index (χ3v) is 4.13. The summed E-state index contributed by atoms with van der Waals surface area (Å²) in [5.74, 6) is 0.0753. The van der Waals surface area contributed by atoms with Crippen molar-refractivity contribution in [1.29, 1.82) is 0 Å². The molecule has 0 unspecified atom stereocenters. The highest BCUT2D eigenvalue weighted by atomic mass is 16.2. The Morgan fingerprint density at radius 2 is 1.67 bits per heavy atom.